The molecule has 0 radical (unpaired) electrons. The maximum atomic E-state index is 12.6. The highest BCUT2D eigenvalue weighted by molar-refractivity contribution is 7.92. The summed E-state index contributed by atoms with van der Waals surface area (Å²) in [6.45, 7) is 0.508. The van der Waals surface area contributed by atoms with Crippen LogP contribution >= 0.6 is 0 Å². The van der Waals surface area contributed by atoms with E-state index in [2.05, 4.69) is 14.8 Å². The molecule has 0 unspecified atom stereocenters. The van der Waals surface area contributed by atoms with Crippen molar-refractivity contribution in [3.8, 4) is 11.5 Å². The minimum atomic E-state index is -3.85. The maximum Gasteiger partial charge on any atom is 0.325 e. The van der Waals surface area contributed by atoms with Crippen molar-refractivity contribution in [1.82, 2.24) is 5.32 Å². The van der Waals surface area contributed by atoms with Gasteiger partial charge in [-0.25, -0.2) is 8.42 Å². The number of rotatable bonds is 6. The second-order valence-electron chi connectivity index (χ2n) is 5.75. The zero-order valence-corrected chi connectivity index (χ0v) is 15.7. The van der Waals surface area contributed by atoms with E-state index in [0.717, 1.165) is 0 Å². The monoisotopic (exact) mass is 406 g/mol. The molecule has 0 fully saturated rings. The van der Waals surface area contributed by atoms with Crippen molar-refractivity contribution >= 4 is 27.6 Å². The number of anilines is 1. The average molecular weight is 406 g/mol. The zero-order chi connectivity index (χ0) is 20.1. The maximum absolute atomic E-state index is 12.6. The smallest absolute Gasteiger partial charge is 0.325 e. The summed E-state index contributed by atoms with van der Waals surface area (Å²) in [7, 11) is -2.63. The lowest BCUT2D eigenvalue weighted by atomic mass is 10.2. The largest absolute Gasteiger partial charge is 0.486 e. The third kappa shape index (κ3) is 4.52. The summed E-state index contributed by atoms with van der Waals surface area (Å²) in [6, 6.07) is 10.1. The first kappa shape index (κ1) is 19.5. The Morgan fingerprint density at radius 2 is 1.71 bits per heavy atom. The van der Waals surface area contributed by atoms with Crippen LogP contribution in [0.1, 0.15) is 10.4 Å². The van der Waals surface area contributed by atoms with Gasteiger partial charge in [0, 0.05) is 17.3 Å². The van der Waals surface area contributed by atoms with Crippen molar-refractivity contribution in [2.45, 2.75) is 4.90 Å². The molecule has 148 valence electrons. The molecule has 2 aromatic rings. The van der Waals surface area contributed by atoms with Crippen molar-refractivity contribution in [3.05, 3.63) is 48.0 Å². The molecule has 0 bridgehead atoms. The van der Waals surface area contributed by atoms with Crippen molar-refractivity contribution in [2.75, 3.05) is 31.6 Å². The van der Waals surface area contributed by atoms with Gasteiger partial charge in [0.05, 0.1) is 12.0 Å². The lowest BCUT2D eigenvalue weighted by Crippen LogP contribution is -2.30. The molecule has 0 spiro atoms. The number of ether oxygens (including phenoxy) is 3. The molecular weight excluding hydrogens is 388 g/mol. The predicted molar refractivity (Wildman–Crippen MR) is 99.0 cm³/mol. The molecule has 0 atom stereocenters. The van der Waals surface area contributed by atoms with Crippen LogP contribution in [0, 0.1) is 0 Å². The first-order valence-corrected chi connectivity index (χ1v) is 9.75. The molecule has 0 aliphatic carbocycles. The lowest BCUT2D eigenvalue weighted by Gasteiger charge is -2.19. The first-order valence-electron chi connectivity index (χ1n) is 8.26. The number of fused-ring (bicyclic) bond motifs is 1. The topological polar surface area (TPSA) is 120 Å². The van der Waals surface area contributed by atoms with Crippen LogP contribution in [-0.4, -0.2) is 47.2 Å². The van der Waals surface area contributed by atoms with Gasteiger partial charge in [0.2, 0.25) is 0 Å². The summed E-state index contributed by atoms with van der Waals surface area (Å²) < 4.78 is 42.8. The highest BCUT2D eigenvalue weighted by atomic mass is 32.2. The summed E-state index contributed by atoms with van der Waals surface area (Å²) in [5.41, 5.74) is 0.547. The molecule has 9 nitrogen and oxygen atoms in total. The van der Waals surface area contributed by atoms with E-state index in [1.165, 1.54) is 49.6 Å². The number of amides is 1. The van der Waals surface area contributed by atoms with Crippen LogP contribution in [0.15, 0.2) is 47.4 Å². The molecule has 10 heteroatoms. The van der Waals surface area contributed by atoms with E-state index in [4.69, 9.17) is 9.47 Å². The predicted octanol–water partition coefficient (Wildman–Crippen LogP) is 1.16. The summed E-state index contributed by atoms with van der Waals surface area (Å²) in [4.78, 5) is 23.0. The fourth-order valence-electron chi connectivity index (χ4n) is 2.42. The molecule has 28 heavy (non-hydrogen) atoms. The van der Waals surface area contributed by atoms with Crippen LogP contribution in [0.4, 0.5) is 5.69 Å². The number of nitrogens with one attached hydrogen (secondary N) is 2. The summed E-state index contributed by atoms with van der Waals surface area (Å²) in [6.07, 6.45) is 0. The molecule has 1 amide bonds. The highest BCUT2D eigenvalue weighted by Gasteiger charge is 2.19. The number of methoxy groups -OCH3 is 1. The third-order valence-electron chi connectivity index (χ3n) is 3.84. The number of carbonyl (C=O) groups is 2. The number of hydrogen-bond donors (Lipinski definition) is 2. The van der Waals surface area contributed by atoms with Gasteiger partial charge < -0.3 is 19.5 Å². The fraction of sp³-hybridized carbons (Fsp3) is 0.222. The molecule has 0 saturated heterocycles. The van der Waals surface area contributed by atoms with E-state index >= 15 is 0 Å². The quantitative estimate of drug-likeness (QED) is 0.691. The summed E-state index contributed by atoms with van der Waals surface area (Å²) in [5.74, 6) is -0.192. The van der Waals surface area contributed by atoms with Gasteiger partial charge in [0.1, 0.15) is 19.8 Å². The van der Waals surface area contributed by atoms with Crippen LogP contribution in [0.3, 0.4) is 0 Å². The van der Waals surface area contributed by atoms with Crippen LogP contribution in [-0.2, 0) is 19.6 Å². The fourth-order valence-corrected chi connectivity index (χ4v) is 3.49. The van der Waals surface area contributed by atoms with Crippen molar-refractivity contribution in [1.29, 1.82) is 0 Å². The number of esters is 1. The van der Waals surface area contributed by atoms with Gasteiger partial charge >= 0.3 is 5.97 Å². The third-order valence-corrected chi connectivity index (χ3v) is 5.22. The molecule has 1 aliphatic rings. The Morgan fingerprint density at radius 1 is 1.04 bits per heavy atom. The molecular formula is C18H18N2O7S. The lowest BCUT2D eigenvalue weighted by molar-refractivity contribution is -0.139. The van der Waals surface area contributed by atoms with E-state index in [0.29, 0.717) is 24.7 Å². The molecule has 1 aliphatic heterocycles. The van der Waals surface area contributed by atoms with E-state index < -0.39 is 21.9 Å². The standard InChI is InChI=1S/C18H18N2O7S/c1-25-17(21)11-19-18(22)12-2-4-13(5-3-12)20-28(23,24)14-6-7-15-16(10-14)27-9-8-26-15/h2-7,10,20H,8-9,11H2,1H3,(H,19,22). The molecule has 2 N–H and O–H groups in total. The van der Waals surface area contributed by atoms with Crippen molar-refractivity contribution in [3.63, 3.8) is 0 Å². The van der Waals surface area contributed by atoms with Gasteiger partial charge in [0.25, 0.3) is 15.9 Å². The van der Waals surface area contributed by atoms with Gasteiger partial charge in [-0.2, -0.15) is 0 Å². The minimum Gasteiger partial charge on any atom is -0.486 e. The van der Waals surface area contributed by atoms with Crippen LogP contribution in [0.25, 0.3) is 0 Å². The Bertz CT molecular complexity index is 987. The highest BCUT2D eigenvalue weighted by Crippen LogP contribution is 2.32. The Morgan fingerprint density at radius 3 is 2.39 bits per heavy atom. The minimum absolute atomic E-state index is 0.0247. The van der Waals surface area contributed by atoms with Gasteiger partial charge in [-0.15, -0.1) is 0 Å². The molecule has 0 saturated carbocycles. The Kier molecular flexibility index (Phi) is 5.69. The number of sulfonamides is 1. The van der Waals surface area contributed by atoms with Crippen molar-refractivity contribution < 1.29 is 32.2 Å². The molecule has 1 heterocycles. The van der Waals surface area contributed by atoms with E-state index in [1.807, 2.05) is 0 Å². The normalized spacial score (nSPS) is 12.8. The molecule has 2 aromatic carbocycles. The first-order chi connectivity index (χ1) is 13.4. The number of hydrogen-bond acceptors (Lipinski definition) is 7. The molecule has 0 aromatic heterocycles. The van der Waals surface area contributed by atoms with Crippen molar-refractivity contribution in [2.24, 2.45) is 0 Å². The van der Waals surface area contributed by atoms with E-state index in [9.17, 15) is 18.0 Å². The van der Waals surface area contributed by atoms with Gasteiger partial charge in [-0.1, -0.05) is 0 Å². The zero-order valence-electron chi connectivity index (χ0n) is 14.9. The van der Waals surface area contributed by atoms with Crippen LogP contribution < -0.4 is 19.5 Å². The van der Waals surface area contributed by atoms with E-state index in [-0.39, 0.29) is 22.7 Å². The van der Waals surface area contributed by atoms with Gasteiger partial charge in [-0.3, -0.25) is 14.3 Å². The Hall–Kier alpha value is -3.27. The summed E-state index contributed by atoms with van der Waals surface area (Å²) in [5, 5.41) is 2.39. The van der Waals surface area contributed by atoms with Crippen LogP contribution in [0.2, 0.25) is 0 Å². The number of carbonyl (C=O) groups excluding carboxylic acids is 2. The van der Waals surface area contributed by atoms with Gasteiger partial charge in [-0.05, 0) is 36.4 Å². The Balaban J connectivity index is 1.69. The second kappa shape index (κ2) is 8.17. The average Bonchev–Trinajstić information content (AvgIpc) is 2.71. The second-order valence-corrected chi connectivity index (χ2v) is 7.43. The molecule has 3 rings (SSSR count). The summed E-state index contributed by atoms with van der Waals surface area (Å²) >= 11 is 0. The number of benzene rings is 2. The van der Waals surface area contributed by atoms with Crippen LogP contribution in [0.5, 0.6) is 11.5 Å². The SMILES string of the molecule is COC(=O)CNC(=O)c1ccc(NS(=O)(=O)c2ccc3c(c2)OCCO3)cc1. The van der Waals surface area contributed by atoms with Gasteiger partial charge in [0.15, 0.2) is 11.5 Å². The Labute approximate surface area is 161 Å². The van der Waals surface area contributed by atoms with E-state index in [1.54, 1.807) is 0 Å².